The summed E-state index contributed by atoms with van der Waals surface area (Å²) in [5.74, 6) is -14.6. The lowest BCUT2D eigenvalue weighted by molar-refractivity contribution is -0.146. The number of carbonyl (C=O) groups excluding carboxylic acids is 2. The first kappa shape index (κ1) is 53.3. The number of benzene rings is 1. The van der Waals surface area contributed by atoms with E-state index in [1.165, 1.54) is 7.11 Å². The maximum absolute atomic E-state index is 13.6. The highest BCUT2D eigenvalue weighted by molar-refractivity contribution is 5.72. The SMILES string of the molecule is COC(=O)COCCOCCOCCOCCOCCOCCOCCOCCOCCOCCOCCOCCOCCC(=O)Oc1c(F)c(F)c(F)c(F)c1F. The summed E-state index contributed by atoms with van der Waals surface area (Å²) >= 11 is 0. The third kappa shape index (κ3) is 29.5. The topological polar surface area (TPSA) is 173 Å². The first-order valence-electron chi connectivity index (χ1n) is 18.6. The van der Waals surface area contributed by atoms with Gasteiger partial charge in [-0.3, -0.25) is 4.79 Å². The van der Waals surface area contributed by atoms with E-state index in [1.807, 2.05) is 0 Å². The van der Waals surface area contributed by atoms with Gasteiger partial charge in [0.15, 0.2) is 0 Å². The second kappa shape index (κ2) is 38.5. The van der Waals surface area contributed by atoms with Gasteiger partial charge in [0.2, 0.25) is 34.8 Å². The molecule has 0 saturated heterocycles. The van der Waals surface area contributed by atoms with Crippen LogP contribution in [0, 0.1) is 29.1 Å². The largest absolute Gasteiger partial charge is 0.467 e. The number of rotatable bonds is 42. The molecule has 0 heterocycles. The number of hydrogen-bond acceptors (Lipinski definition) is 17. The summed E-state index contributed by atoms with van der Waals surface area (Å²) in [7, 11) is 1.30. The van der Waals surface area contributed by atoms with Crippen LogP contribution in [0.1, 0.15) is 6.42 Å². The summed E-state index contributed by atoms with van der Waals surface area (Å²) in [5.41, 5.74) is 0. The van der Waals surface area contributed by atoms with Crippen LogP contribution in [-0.2, 0) is 75.9 Å². The summed E-state index contributed by atoms with van der Waals surface area (Å²) in [4.78, 5) is 22.5. The van der Waals surface area contributed by atoms with Gasteiger partial charge in [-0.25, -0.2) is 18.0 Å². The maximum Gasteiger partial charge on any atom is 0.331 e. The van der Waals surface area contributed by atoms with Crippen LogP contribution >= 0.6 is 0 Å². The summed E-state index contributed by atoms with van der Waals surface area (Å²) in [6, 6.07) is 0. The van der Waals surface area contributed by atoms with Gasteiger partial charge in [-0.15, -0.1) is 0 Å². The Hall–Kier alpha value is -2.71. The molecule has 1 aromatic carbocycles. The van der Waals surface area contributed by atoms with E-state index in [4.69, 9.17) is 61.6 Å². The third-order valence-corrected chi connectivity index (χ3v) is 6.75. The van der Waals surface area contributed by atoms with Crippen LogP contribution < -0.4 is 4.74 Å². The second-order valence-corrected chi connectivity index (χ2v) is 11.1. The van der Waals surface area contributed by atoms with Crippen LogP contribution in [0.4, 0.5) is 22.0 Å². The van der Waals surface area contributed by atoms with Crippen molar-refractivity contribution in [2.75, 3.05) is 179 Å². The van der Waals surface area contributed by atoms with Crippen molar-refractivity contribution in [3.63, 3.8) is 0 Å². The molecule has 0 saturated carbocycles. The van der Waals surface area contributed by atoms with E-state index in [2.05, 4.69) is 9.47 Å². The fraction of sp³-hybridized carbons (Fsp3) is 0.778. The highest BCUT2D eigenvalue weighted by atomic mass is 19.2. The molecule has 0 fully saturated rings. The molecule has 17 nitrogen and oxygen atoms in total. The van der Waals surface area contributed by atoms with Crippen LogP contribution in [0.5, 0.6) is 5.75 Å². The Morgan fingerprint density at radius 1 is 0.328 bits per heavy atom. The molecule has 22 heteroatoms. The Morgan fingerprint density at radius 3 is 0.810 bits per heavy atom. The van der Waals surface area contributed by atoms with E-state index in [0.29, 0.717) is 139 Å². The molecule has 1 aromatic rings. The summed E-state index contributed by atoms with van der Waals surface area (Å²) in [6.07, 6.45) is -0.493. The molecule has 0 atom stereocenters. The van der Waals surface area contributed by atoms with Crippen LogP contribution in [0.2, 0.25) is 0 Å². The molecule has 1 rings (SSSR count). The van der Waals surface area contributed by atoms with Gasteiger partial charge in [-0.1, -0.05) is 0 Å². The molecule has 0 spiro atoms. The molecule has 0 radical (unpaired) electrons. The van der Waals surface area contributed by atoms with E-state index >= 15 is 0 Å². The van der Waals surface area contributed by atoms with Gasteiger partial charge in [0.05, 0.1) is 179 Å². The van der Waals surface area contributed by atoms with E-state index in [1.54, 1.807) is 0 Å². The highest BCUT2D eigenvalue weighted by Crippen LogP contribution is 2.29. The van der Waals surface area contributed by atoms with Gasteiger partial charge >= 0.3 is 11.9 Å². The summed E-state index contributed by atoms with van der Waals surface area (Å²) in [6.45, 7) is 8.81. The minimum absolute atomic E-state index is 0.0733. The number of hydrogen-bond donors (Lipinski definition) is 0. The highest BCUT2D eigenvalue weighted by Gasteiger charge is 2.28. The van der Waals surface area contributed by atoms with Gasteiger partial charge in [0, 0.05) is 0 Å². The second-order valence-electron chi connectivity index (χ2n) is 11.1. The van der Waals surface area contributed by atoms with Crippen molar-refractivity contribution in [3.8, 4) is 5.75 Å². The molecule has 0 amide bonds. The van der Waals surface area contributed by atoms with Crippen molar-refractivity contribution in [3.05, 3.63) is 29.1 Å². The van der Waals surface area contributed by atoms with Crippen molar-refractivity contribution >= 4 is 11.9 Å². The zero-order valence-electron chi connectivity index (χ0n) is 32.9. The first-order chi connectivity index (χ1) is 28.3. The van der Waals surface area contributed by atoms with Gasteiger partial charge in [-0.05, 0) is 0 Å². The predicted molar refractivity (Wildman–Crippen MR) is 189 cm³/mol. The molecule has 0 aliphatic carbocycles. The zero-order chi connectivity index (χ0) is 42.3. The van der Waals surface area contributed by atoms with Gasteiger partial charge < -0.3 is 71.1 Å². The van der Waals surface area contributed by atoms with Crippen molar-refractivity contribution < 1.29 is 103 Å². The number of carbonyl (C=O) groups is 2. The number of esters is 2. The molecular weight excluding hydrogens is 799 g/mol. The van der Waals surface area contributed by atoms with Crippen LogP contribution in [0.3, 0.4) is 0 Å². The van der Waals surface area contributed by atoms with Crippen molar-refractivity contribution in [2.45, 2.75) is 6.42 Å². The Morgan fingerprint density at radius 2 is 0.552 bits per heavy atom. The lowest BCUT2D eigenvalue weighted by Gasteiger charge is -2.09. The summed E-state index contributed by atoms with van der Waals surface area (Å²) in [5, 5.41) is 0. The van der Waals surface area contributed by atoms with Gasteiger partial charge in [0.25, 0.3) is 0 Å². The average molecular weight is 857 g/mol. The molecular formula is C36H57F5O17. The predicted octanol–water partition coefficient (Wildman–Crippen LogP) is 2.07. The maximum atomic E-state index is 13.6. The molecule has 0 aromatic heterocycles. The summed E-state index contributed by atoms with van der Waals surface area (Å²) < 4.78 is 145. The van der Waals surface area contributed by atoms with Crippen molar-refractivity contribution in [1.82, 2.24) is 0 Å². The number of halogens is 5. The molecule has 0 N–H and O–H groups in total. The number of methoxy groups -OCH3 is 1. The Bertz CT molecular complexity index is 1150. The van der Waals surface area contributed by atoms with Crippen LogP contribution in [-0.4, -0.2) is 191 Å². The van der Waals surface area contributed by atoms with Crippen molar-refractivity contribution in [2.24, 2.45) is 0 Å². The smallest absolute Gasteiger partial charge is 0.331 e. The minimum atomic E-state index is -2.35. The normalized spacial score (nSPS) is 11.4. The average Bonchev–Trinajstić information content (AvgIpc) is 3.22. The van der Waals surface area contributed by atoms with E-state index in [0.717, 1.165) is 0 Å². The van der Waals surface area contributed by atoms with Gasteiger partial charge in [-0.2, -0.15) is 8.78 Å². The lowest BCUT2D eigenvalue weighted by Crippen LogP contribution is -2.16. The lowest BCUT2D eigenvalue weighted by atomic mass is 10.2. The Kier molecular flexibility index (Phi) is 35.4. The molecule has 0 unspecified atom stereocenters. The third-order valence-electron chi connectivity index (χ3n) is 6.75. The molecule has 0 bridgehead atoms. The van der Waals surface area contributed by atoms with Crippen molar-refractivity contribution in [1.29, 1.82) is 0 Å². The fourth-order valence-electron chi connectivity index (χ4n) is 3.85. The van der Waals surface area contributed by atoms with E-state index < -0.39 is 53.2 Å². The van der Waals surface area contributed by atoms with Crippen LogP contribution in [0.15, 0.2) is 0 Å². The molecule has 58 heavy (non-hydrogen) atoms. The van der Waals surface area contributed by atoms with Gasteiger partial charge in [0.1, 0.15) is 6.61 Å². The quantitative estimate of drug-likeness (QED) is 0.0233. The minimum Gasteiger partial charge on any atom is -0.467 e. The number of ether oxygens (including phenoxy) is 15. The molecule has 338 valence electrons. The standard InChI is InChI=1S/C36H57F5O17/c1-44-30(43)28-57-27-26-56-25-24-55-23-22-54-21-20-53-19-18-52-17-16-51-15-14-50-13-12-49-11-10-48-9-8-47-7-6-46-5-4-45-3-2-29(42)58-36-34(40)32(38)31(37)33(39)35(36)41/h2-28H2,1H3. The Balaban J connectivity index is 1.70. The van der Waals surface area contributed by atoms with E-state index in [9.17, 15) is 31.5 Å². The fourth-order valence-corrected chi connectivity index (χ4v) is 3.85. The molecule has 0 aliphatic heterocycles. The Labute approximate surface area is 334 Å². The monoisotopic (exact) mass is 856 g/mol. The molecule has 0 aliphatic rings. The zero-order valence-corrected chi connectivity index (χ0v) is 32.9. The first-order valence-corrected chi connectivity index (χ1v) is 18.6. The van der Waals surface area contributed by atoms with Crippen LogP contribution in [0.25, 0.3) is 0 Å². The van der Waals surface area contributed by atoms with E-state index in [-0.39, 0.29) is 33.0 Å².